The molecule has 0 radical (unpaired) electrons. The SMILES string of the molecule is NC(=O)C1CCCN(C(=O)c2ccc(-c3ncccc3C(F)(F)F)cc2)C1. The zero-order valence-corrected chi connectivity index (χ0v) is 14.4. The smallest absolute Gasteiger partial charge is 0.369 e. The minimum absolute atomic E-state index is 0.184. The molecule has 1 aromatic carbocycles. The maximum atomic E-state index is 13.1. The molecule has 142 valence electrons. The summed E-state index contributed by atoms with van der Waals surface area (Å²) in [6.07, 6.45) is -1.89. The number of halogens is 3. The van der Waals surface area contributed by atoms with Gasteiger partial charge in [0.1, 0.15) is 0 Å². The molecule has 1 aliphatic rings. The Morgan fingerprint density at radius 3 is 2.48 bits per heavy atom. The second-order valence-corrected chi connectivity index (χ2v) is 6.47. The molecule has 0 aliphatic carbocycles. The number of carbonyl (C=O) groups is 2. The summed E-state index contributed by atoms with van der Waals surface area (Å²) in [5, 5.41) is 0. The third kappa shape index (κ3) is 4.10. The van der Waals surface area contributed by atoms with Crippen LogP contribution in [0.3, 0.4) is 0 Å². The summed E-state index contributed by atoms with van der Waals surface area (Å²) in [7, 11) is 0. The van der Waals surface area contributed by atoms with Crippen molar-refractivity contribution in [3.8, 4) is 11.3 Å². The van der Waals surface area contributed by atoms with Gasteiger partial charge in [0, 0.05) is 30.4 Å². The Bertz CT molecular complexity index is 850. The number of piperidine rings is 1. The van der Waals surface area contributed by atoms with Gasteiger partial charge in [0.15, 0.2) is 0 Å². The summed E-state index contributed by atoms with van der Waals surface area (Å²) in [5.41, 5.74) is 4.92. The number of nitrogens with zero attached hydrogens (tertiary/aromatic N) is 2. The molecule has 2 heterocycles. The van der Waals surface area contributed by atoms with E-state index >= 15 is 0 Å². The van der Waals surface area contributed by atoms with Crippen LogP contribution >= 0.6 is 0 Å². The van der Waals surface area contributed by atoms with E-state index in [2.05, 4.69) is 4.98 Å². The monoisotopic (exact) mass is 377 g/mol. The third-order valence-electron chi connectivity index (χ3n) is 4.63. The first-order valence-corrected chi connectivity index (χ1v) is 8.48. The summed E-state index contributed by atoms with van der Waals surface area (Å²) in [4.78, 5) is 29.4. The van der Waals surface area contributed by atoms with Gasteiger partial charge < -0.3 is 10.6 Å². The van der Waals surface area contributed by atoms with Gasteiger partial charge in [-0.2, -0.15) is 13.2 Å². The molecule has 5 nitrogen and oxygen atoms in total. The Morgan fingerprint density at radius 1 is 1.15 bits per heavy atom. The normalized spacial score (nSPS) is 17.6. The average Bonchev–Trinajstić information content (AvgIpc) is 2.67. The number of pyridine rings is 1. The predicted molar refractivity (Wildman–Crippen MR) is 92.5 cm³/mol. The van der Waals surface area contributed by atoms with Crippen molar-refractivity contribution >= 4 is 11.8 Å². The summed E-state index contributed by atoms with van der Waals surface area (Å²) >= 11 is 0. The maximum absolute atomic E-state index is 13.1. The molecule has 0 spiro atoms. The van der Waals surface area contributed by atoms with Gasteiger partial charge >= 0.3 is 6.18 Å². The van der Waals surface area contributed by atoms with Crippen LogP contribution in [0.4, 0.5) is 13.2 Å². The highest BCUT2D eigenvalue weighted by molar-refractivity contribution is 5.95. The first kappa shape index (κ1) is 18.9. The first-order valence-electron chi connectivity index (χ1n) is 8.48. The quantitative estimate of drug-likeness (QED) is 0.893. The second kappa shape index (κ2) is 7.38. The lowest BCUT2D eigenvalue weighted by Gasteiger charge is -2.31. The summed E-state index contributed by atoms with van der Waals surface area (Å²) < 4.78 is 39.4. The molecule has 3 rings (SSSR count). The van der Waals surface area contributed by atoms with Gasteiger partial charge in [0.25, 0.3) is 5.91 Å². The molecule has 0 saturated carbocycles. The molecule has 2 amide bonds. The van der Waals surface area contributed by atoms with Gasteiger partial charge in [-0.15, -0.1) is 0 Å². The van der Waals surface area contributed by atoms with Crippen LogP contribution in [0.15, 0.2) is 42.6 Å². The molecule has 8 heteroatoms. The average molecular weight is 377 g/mol. The molecule has 1 fully saturated rings. The molecule has 1 aliphatic heterocycles. The van der Waals surface area contributed by atoms with E-state index in [0.29, 0.717) is 24.9 Å². The van der Waals surface area contributed by atoms with Crippen LogP contribution in [0, 0.1) is 5.92 Å². The van der Waals surface area contributed by atoms with Crippen LogP contribution in [0.1, 0.15) is 28.8 Å². The van der Waals surface area contributed by atoms with E-state index in [-0.39, 0.29) is 29.6 Å². The number of rotatable bonds is 3. The number of carbonyl (C=O) groups excluding carboxylic acids is 2. The first-order chi connectivity index (χ1) is 12.8. The number of alkyl halides is 3. The Kier molecular flexibility index (Phi) is 5.16. The molecular formula is C19H18F3N3O2. The molecule has 27 heavy (non-hydrogen) atoms. The number of nitrogens with two attached hydrogens (primary N) is 1. The number of hydrogen-bond donors (Lipinski definition) is 1. The molecule has 1 aromatic heterocycles. The number of hydrogen-bond acceptors (Lipinski definition) is 3. The van der Waals surface area contributed by atoms with Gasteiger partial charge in [0.05, 0.1) is 17.2 Å². The van der Waals surface area contributed by atoms with Crippen molar-refractivity contribution in [2.45, 2.75) is 19.0 Å². The van der Waals surface area contributed by atoms with Crippen LogP contribution in [0.2, 0.25) is 0 Å². The fourth-order valence-corrected chi connectivity index (χ4v) is 3.21. The van der Waals surface area contributed by atoms with Crippen molar-refractivity contribution in [2.75, 3.05) is 13.1 Å². The molecule has 1 unspecified atom stereocenters. The number of aromatic nitrogens is 1. The highest BCUT2D eigenvalue weighted by atomic mass is 19.4. The van der Waals surface area contributed by atoms with Crippen LogP contribution in [-0.2, 0) is 11.0 Å². The fraction of sp³-hybridized carbons (Fsp3) is 0.316. The van der Waals surface area contributed by atoms with E-state index in [1.807, 2.05) is 0 Å². The van der Waals surface area contributed by atoms with Gasteiger partial charge in [-0.3, -0.25) is 14.6 Å². The topological polar surface area (TPSA) is 76.3 Å². The highest BCUT2D eigenvalue weighted by Gasteiger charge is 2.34. The largest absolute Gasteiger partial charge is 0.418 e. The minimum Gasteiger partial charge on any atom is -0.369 e. The van der Waals surface area contributed by atoms with E-state index in [1.54, 1.807) is 4.90 Å². The maximum Gasteiger partial charge on any atom is 0.418 e. The highest BCUT2D eigenvalue weighted by Crippen LogP contribution is 2.35. The minimum atomic E-state index is -4.52. The van der Waals surface area contributed by atoms with Gasteiger partial charge in [-0.05, 0) is 37.1 Å². The number of benzene rings is 1. The van der Waals surface area contributed by atoms with E-state index in [1.165, 1.54) is 36.5 Å². The van der Waals surface area contributed by atoms with Crippen molar-refractivity contribution in [2.24, 2.45) is 11.7 Å². The van der Waals surface area contributed by atoms with E-state index in [4.69, 9.17) is 5.73 Å². The molecule has 2 aromatic rings. The van der Waals surface area contributed by atoms with Crippen molar-refractivity contribution < 1.29 is 22.8 Å². The van der Waals surface area contributed by atoms with Gasteiger partial charge in [-0.1, -0.05) is 12.1 Å². The standard InChI is InChI=1S/C19H18F3N3O2/c20-19(21,22)15-4-1-9-24-16(15)12-5-7-13(8-6-12)18(27)25-10-2-3-14(11-25)17(23)26/h1,4-9,14H,2-3,10-11H2,(H2,23,26). The fourth-order valence-electron chi connectivity index (χ4n) is 3.21. The number of amides is 2. The Hall–Kier alpha value is -2.90. The lowest BCUT2D eigenvalue weighted by atomic mass is 9.96. The molecular weight excluding hydrogens is 359 g/mol. The van der Waals surface area contributed by atoms with Crippen LogP contribution in [0.5, 0.6) is 0 Å². The molecule has 0 bridgehead atoms. The Morgan fingerprint density at radius 2 is 1.85 bits per heavy atom. The zero-order valence-electron chi connectivity index (χ0n) is 14.4. The third-order valence-corrected chi connectivity index (χ3v) is 4.63. The van der Waals surface area contributed by atoms with Crippen molar-refractivity contribution in [3.05, 3.63) is 53.7 Å². The summed E-state index contributed by atoms with van der Waals surface area (Å²) in [5.74, 6) is -1.08. The number of likely N-dealkylation sites (tertiary alicyclic amines) is 1. The zero-order chi connectivity index (χ0) is 19.6. The summed E-state index contributed by atoms with van der Waals surface area (Å²) in [6, 6.07) is 8.04. The van der Waals surface area contributed by atoms with Crippen LogP contribution in [0.25, 0.3) is 11.3 Å². The molecule has 2 N–H and O–H groups in total. The van der Waals surface area contributed by atoms with E-state index in [9.17, 15) is 22.8 Å². The second-order valence-electron chi connectivity index (χ2n) is 6.47. The van der Waals surface area contributed by atoms with Crippen molar-refractivity contribution in [1.82, 2.24) is 9.88 Å². The lowest BCUT2D eigenvalue weighted by Crippen LogP contribution is -2.44. The van der Waals surface area contributed by atoms with Crippen LogP contribution < -0.4 is 5.73 Å². The lowest BCUT2D eigenvalue weighted by molar-refractivity contribution is -0.137. The van der Waals surface area contributed by atoms with E-state index in [0.717, 1.165) is 6.07 Å². The van der Waals surface area contributed by atoms with E-state index < -0.39 is 17.6 Å². The Labute approximate surface area is 154 Å². The number of primary amides is 1. The molecule has 1 atom stereocenters. The predicted octanol–water partition coefficient (Wildman–Crippen LogP) is 3.10. The Balaban J connectivity index is 1.82. The van der Waals surface area contributed by atoms with Crippen LogP contribution in [-0.4, -0.2) is 34.8 Å². The van der Waals surface area contributed by atoms with Gasteiger partial charge in [0.2, 0.25) is 5.91 Å². The summed E-state index contributed by atoms with van der Waals surface area (Å²) in [6.45, 7) is 0.775. The van der Waals surface area contributed by atoms with Crippen molar-refractivity contribution in [1.29, 1.82) is 0 Å². The molecule has 1 saturated heterocycles. The van der Waals surface area contributed by atoms with Crippen molar-refractivity contribution in [3.63, 3.8) is 0 Å². The van der Waals surface area contributed by atoms with Gasteiger partial charge in [-0.25, -0.2) is 0 Å².